The van der Waals surface area contributed by atoms with Crippen LogP contribution in [-0.2, 0) is 6.42 Å². The van der Waals surface area contributed by atoms with Crippen LogP contribution in [0.1, 0.15) is 62.6 Å². The number of aromatic nitrogens is 2. The van der Waals surface area contributed by atoms with E-state index in [1.165, 1.54) is 44.9 Å². The van der Waals surface area contributed by atoms with E-state index in [1.54, 1.807) is 0 Å². The van der Waals surface area contributed by atoms with Crippen molar-refractivity contribution in [1.29, 1.82) is 0 Å². The Bertz CT molecular complexity index is 366. The molecule has 0 amide bonds. The van der Waals surface area contributed by atoms with Crippen LogP contribution in [0.25, 0.3) is 0 Å². The summed E-state index contributed by atoms with van der Waals surface area (Å²) in [5.74, 6) is 2.88. The summed E-state index contributed by atoms with van der Waals surface area (Å²) >= 11 is 0. The molecular weight excluding hydrogens is 214 g/mol. The van der Waals surface area contributed by atoms with Gasteiger partial charge in [-0.2, -0.15) is 4.98 Å². The SMILES string of the molecule is NC(Cc1nc(C2CCCCC2)no1)C1CC1. The van der Waals surface area contributed by atoms with E-state index in [4.69, 9.17) is 10.3 Å². The molecule has 1 atom stereocenters. The third-order valence-corrected chi connectivity index (χ3v) is 4.09. The molecule has 2 aliphatic rings. The highest BCUT2D eigenvalue weighted by molar-refractivity contribution is 4.99. The Morgan fingerprint density at radius 3 is 2.65 bits per heavy atom. The van der Waals surface area contributed by atoms with Crippen LogP contribution in [0, 0.1) is 5.92 Å². The third kappa shape index (κ3) is 2.68. The Hall–Kier alpha value is -0.900. The lowest BCUT2D eigenvalue weighted by atomic mass is 9.89. The molecule has 4 heteroatoms. The normalized spacial score (nSPS) is 23.8. The summed E-state index contributed by atoms with van der Waals surface area (Å²) in [5.41, 5.74) is 6.07. The zero-order chi connectivity index (χ0) is 11.7. The molecule has 4 nitrogen and oxygen atoms in total. The molecule has 0 spiro atoms. The summed E-state index contributed by atoms with van der Waals surface area (Å²) in [6, 6.07) is 0.217. The van der Waals surface area contributed by atoms with Crippen LogP contribution in [0.15, 0.2) is 4.52 Å². The topological polar surface area (TPSA) is 64.9 Å². The van der Waals surface area contributed by atoms with E-state index in [0.29, 0.717) is 11.8 Å². The number of rotatable bonds is 4. The predicted molar refractivity (Wildman–Crippen MR) is 64.5 cm³/mol. The number of nitrogens with zero attached hydrogens (tertiary/aromatic N) is 2. The average Bonchev–Trinajstić information content (AvgIpc) is 3.12. The van der Waals surface area contributed by atoms with E-state index in [2.05, 4.69) is 10.1 Å². The van der Waals surface area contributed by atoms with Crippen molar-refractivity contribution in [3.8, 4) is 0 Å². The molecule has 0 aliphatic heterocycles. The molecule has 2 fully saturated rings. The van der Waals surface area contributed by atoms with Crippen molar-refractivity contribution in [3.63, 3.8) is 0 Å². The van der Waals surface area contributed by atoms with Gasteiger partial charge in [0, 0.05) is 18.4 Å². The lowest BCUT2D eigenvalue weighted by Gasteiger charge is -2.17. The predicted octanol–water partition coefficient (Wildman–Crippen LogP) is 2.40. The van der Waals surface area contributed by atoms with Crippen LogP contribution in [0.3, 0.4) is 0 Å². The van der Waals surface area contributed by atoms with Crippen molar-refractivity contribution in [3.05, 3.63) is 11.7 Å². The molecule has 0 bridgehead atoms. The lowest BCUT2D eigenvalue weighted by Crippen LogP contribution is -2.25. The minimum absolute atomic E-state index is 0.217. The van der Waals surface area contributed by atoms with E-state index >= 15 is 0 Å². The maximum Gasteiger partial charge on any atom is 0.228 e. The summed E-state index contributed by atoms with van der Waals surface area (Å²) in [6.45, 7) is 0. The quantitative estimate of drug-likeness (QED) is 0.870. The Morgan fingerprint density at radius 2 is 1.94 bits per heavy atom. The Labute approximate surface area is 102 Å². The molecule has 2 aliphatic carbocycles. The van der Waals surface area contributed by atoms with Crippen LogP contribution in [0.2, 0.25) is 0 Å². The van der Waals surface area contributed by atoms with Crippen LogP contribution in [0.5, 0.6) is 0 Å². The van der Waals surface area contributed by atoms with Crippen LogP contribution >= 0.6 is 0 Å². The van der Waals surface area contributed by atoms with E-state index in [1.807, 2.05) is 0 Å². The highest BCUT2D eigenvalue weighted by atomic mass is 16.5. The molecule has 3 rings (SSSR count). The lowest BCUT2D eigenvalue weighted by molar-refractivity contribution is 0.348. The van der Waals surface area contributed by atoms with Crippen molar-refractivity contribution >= 4 is 0 Å². The van der Waals surface area contributed by atoms with Gasteiger partial charge in [-0.3, -0.25) is 0 Å². The fourth-order valence-electron chi connectivity index (χ4n) is 2.77. The Balaban J connectivity index is 1.60. The molecule has 0 radical (unpaired) electrons. The summed E-state index contributed by atoms with van der Waals surface area (Å²) in [7, 11) is 0. The second-order valence-electron chi connectivity index (χ2n) is 5.59. The van der Waals surface area contributed by atoms with Gasteiger partial charge in [-0.15, -0.1) is 0 Å². The molecule has 0 aromatic carbocycles. The number of hydrogen-bond donors (Lipinski definition) is 1. The first kappa shape index (κ1) is 11.2. The minimum Gasteiger partial charge on any atom is -0.339 e. The highest BCUT2D eigenvalue weighted by Gasteiger charge is 2.30. The van der Waals surface area contributed by atoms with Gasteiger partial charge in [0.05, 0.1) is 0 Å². The molecule has 1 aromatic rings. The average molecular weight is 235 g/mol. The van der Waals surface area contributed by atoms with Crippen LogP contribution in [0.4, 0.5) is 0 Å². The maximum absolute atomic E-state index is 6.07. The van der Waals surface area contributed by atoms with E-state index in [0.717, 1.165) is 18.1 Å². The molecule has 0 saturated heterocycles. The Kier molecular flexibility index (Phi) is 3.14. The first-order chi connectivity index (χ1) is 8.33. The fraction of sp³-hybridized carbons (Fsp3) is 0.846. The Morgan fingerprint density at radius 1 is 1.18 bits per heavy atom. The first-order valence-corrected chi connectivity index (χ1v) is 6.91. The van der Waals surface area contributed by atoms with Crippen LogP contribution in [-0.4, -0.2) is 16.2 Å². The fourth-order valence-corrected chi connectivity index (χ4v) is 2.77. The first-order valence-electron chi connectivity index (χ1n) is 6.91. The second kappa shape index (κ2) is 4.77. The second-order valence-corrected chi connectivity index (χ2v) is 5.59. The summed E-state index contributed by atoms with van der Waals surface area (Å²) in [5, 5.41) is 4.13. The van der Waals surface area contributed by atoms with Gasteiger partial charge < -0.3 is 10.3 Å². The molecule has 1 unspecified atom stereocenters. The van der Waals surface area contributed by atoms with Crippen molar-refractivity contribution < 1.29 is 4.52 Å². The highest BCUT2D eigenvalue weighted by Crippen LogP contribution is 2.33. The van der Waals surface area contributed by atoms with E-state index in [-0.39, 0.29) is 6.04 Å². The number of nitrogens with two attached hydrogens (primary N) is 1. The van der Waals surface area contributed by atoms with Crippen molar-refractivity contribution in [2.24, 2.45) is 11.7 Å². The molecule has 2 N–H and O–H groups in total. The van der Waals surface area contributed by atoms with Crippen molar-refractivity contribution in [2.45, 2.75) is 63.3 Å². The molecular formula is C13H21N3O. The molecule has 2 saturated carbocycles. The standard InChI is InChI=1S/C13H21N3O/c14-11(9-6-7-9)8-12-15-13(16-17-12)10-4-2-1-3-5-10/h9-11H,1-8,14H2. The van der Waals surface area contributed by atoms with Crippen molar-refractivity contribution in [2.75, 3.05) is 0 Å². The monoisotopic (exact) mass is 235 g/mol. The van der Waals surface area contributed by atoms with Gasteiger partial charge in [-0.1, -0.05) is 24.4 Å². The maximum atomic E-state index is 6.07. The molecule has 1 aromatic heterocycles. The summed E-state index contributed by atoms with van der Waals surface area (Å²) in [4.78, 5) is 4.53. The number of hydrogen-bond acceptors (Lipinski definition) is 4. The zero-order valence-corrected chi connectivity index (χ0v) is 10.3. The zero-order valence-electron chi connectivity index (χ0n) is 10.3. The largest absolute Gasteiger partial charge is 0.339 e. The molecule has 94 valence electrons. The minimum atomic E-state index is 0.217. The van der Waals surface area contributed by atoms with Gasteiger partial charge in [0.25, 0.3) is 0 Å². The van der Waals surface area contributed by atoms with E-state index in [9.17, 15) is 0 Å². The van der Waals surface area contributed by atoms with Crippen molar-refractivity contribution in [1.82, 2.24) is 10.1 Å². The van der Waals surface area contributed by atoms with Gasteiger partial charge in [0.2, 0.25) is 5.89 Å². The van der Waals surface area contributed by atoms with Gasteiger partial charge in [-0.25, -0.2) is 0 Å². The van der Waals surface area contributed by atoms with Gasteiger partial charge in [0.1, 0.15) is 0 Å². The molecule has 17 heavy (non-hydrogen) atoms. The summed E-state index contributed by atoms with van der Waals surface area (Å²) in [6.07, 6.45) is 9.68. The smallest absolute Gasteiger partial charge is 0.228 e. The summed E-state index contributed by atoms with van der Waals surface area (Å²) < 4.78 is 5.33. The third-order valence-electron chi connectivity index (χ3n) is 4.09. The van der Waals surface area contributed by atoms with Gasteiger partial charge >= 0.3 is 0 Å². The van der Waals surface area contributed by atoms with E-state index < -0.39 is 0 Å². The van der Waals surface area contributed by atoms with Crippen LogP contribution < -0.4 is 5.73 Å². The molecule has 1 heterocycles. The van der Waals surface area contributed by atoms with Gasteiger partial charge in [0.15, 0.2) is 5.82 Å². The van der Waals surface area contributed by atoms with Gasteiger partial charge in [-0.05, 0) is 31.6 Å².